The van der Waals surface area contributed by atoms with E-state index < -0.39 is 0 Å². The number of nitrogens with zero attached hydrogens (tertiary/aromatic N) is 1. The molecule has 0 aromatic heterocycles. The van der Waals surface area contributed by atoms with Gasteiger partial charge in [-0.2, -0.15) is 0 Å². The summed E-state index contributed by atoms with van der Waals surface area (Å²) < 4.78 is 0. The molecule has 4 heteroatoms. The van der Waals surface area contributed by atoms with Crippen molar-refractivity contribution >= 4 is 5.91 Å². The van der Waals surface area contributed by atoms with Gasteiger partial charge in [0.25, 0.3) is 0 Å². The van der Waals surface area contributed by atoms with Crippen molar-refractivity contribution in [3.8, 4) is 0 Å². The fourth-order valence-corrected chi connectivity index (χ4v) is 4.64. The molecule has 0 radical (unpaired) electrons. The molecule has 3 aliphatic rings. The largest absolute Gasteiger partial charge is 0.353 e. The minimum Gasteiger partial charge on any atom is -0.353 e. The highest BCUT2D eigenvalue weighted by Crippen LogP contribution is 2.44. The second-order valence-corrected chi connectivity index (χ2v) is 7.32. The van der Waals surface area contributed by atoms with Crippen molar-refractivity contribution in [2.75, 3.05) is 32.7 Å². The first kappa shape index (κ1) is 15.3. The summed E-state index contributed by atoms with van der Waals surface area (Å²) in [6.45, 7) is 7.68. The number of piperidine rings is 1. The lowest BCUT2D eigenvalue weighted by Gasteiger charge is -2.39. The fraction of sp³-hybridized carbons (Fsp3) is 0.941. The number of amides is 1. The van der Waals surface area contributed by atoms with Gasteiger partial charge in [-0.05, 0) is 51.1 Å². The van der Waals surface area contributed by atoms with Crippen LogP contribution in [-0.2, 0) is 4.79 Å². The van der Waals surface area contributed by atoms with Crippen LogP contribution < -0.4 is 10.6 Å². The van der Waals surface area contributed by atoms with E-state index in [2.05, 4.69) is 22.5 Å². The van der Waals surface area contributed by atoms with E-state index in [4.69, 9.17) is 0 Å². The number of hydrogen-bond acceptors (Lipinski definition) is 3. The van der Waals surface area contributed by atoms with Gasteiger partial charge in [0.1, 0.15) is 0 Å². The number of fused-ring (bicyclic) bond motifs is 1. The second-order valence-electron chi connectivity index (χ2n) is 7.32. The summed E-state index contributed by atoms with van der Waals surface area (Å²) in [5.74, 6) is 0.928. The Morgan fingerprint density at radius 2 is 2.10 bits per heavy atom. The van der Waals surface area contributed by atoms with Crippen LogP contribution in [-0.4, -0.2) is 49.6 Å². The van der Waals surface area contributed by atoms with E-state index in [1.54, 1.807) is 0 Å². The molecule has 2 saturated heterocycles. The average molecular weight is 293 g/mol. The molecule has 4 nitrogen and oxygen atoms in total. The lowest BCUT2D eigenvalue weighted by Crippen LogP contribution is -2.53. The Hall–Kier alpha value is -0.610. The van der Waals surface area contributed by atoms with Crippen molar-refractivity contribution < 1.29 is 4.79 Å². The highest BCUT2D eigenvalue weighted by Gasteiger charge is 2.50. The Morgan fingerprint density at radius 3 is 2.86 bits per heavy atom. The van der Waals surface area contributed by atoms with E-state index in [1.165, 1.54) is 32.2 Å². The first-order valence-electron chi connectivity index (χ1n) is 8.98. The molecule has 1 saturated carbocycles. The van der Waals surface area contributed by atoms with Crippen LogP contribution >= 0.6 is 0 Å². The van der Waals surface area contributed by atoms with Crippen molar-refractivity contribution in [3.05, 3.63) is 0 Å². The predicted molar refractivity (Wildman–Crippen MR) is 85.2 cm³/mol. The van der Waals surface area contributed by atoms with Gasteiger partial charge < -0.3 is 15.5 Å². The maximum atomic E-state index is 12.9. The first-order valence-corrected chi connectivity index (χ1v) is 8.98. The summed E-state index contributed by atoms with van der Waals surface area (Å²) in [5, 5.41) is 6.89. The summed E-state index contributed by atoms with van der Waals surface area (Å²) in [4.78, 5) is 15.4. The maximum Gasteiger partial charge on any atom is 0.228 e. The van der Waals surface area contributed by atoms with Crippen molar-refractivity contribution in [1.29, 1.82) is 0 Å². The van der Waals surface area contributed by atoms with Crippen molar-refractivity contribution in [2.45, 2.75) is 57.9 Å². The van der Waals surface area contributed by atoms with Crippen LogP contribution in [0, 0.1) is 11.3 Å². The fourth-order valence-electron chi connectivity index (χ4n) is 4.64. The van der Waals surface area contributed by atoms with Crippen LogP contribution in [0.3, 0.4) is 0 Å². The Morgan fingerprint density at radius 1 is 1.29 bits per heavy atom. The maximum absolute atomic E-state index is 12.9. The molecular formula is C17H31N3O. The molecular weight excluding hydrogens is 262 g/mol. The number of rotatable bonds is 4. The summed E-state index contributed by atoms with van der Waals surface area (Å²) in [6.07, 6.45) is 8.32. The molecule has 2 aliphatic heterocycles. The Kier molecular flexibility index (Phi) is 4.85. The standard InChI is InChI=1S/C17H31N3O/c1-2-9-20-10-6-15(7-11-20)19-16(21)17-8-4-3-5-14(17)12-18-13-17/h14-15,18H,2-13H2,1H3,(H,19,21)/t14-,17+/m0/s1. The van der Waals surface area contributed by atoms with Gasteiger partial charge in [0, 0.05) is 25.7 Å². The van der Waals surface area contributed by atoms with Crippen LogP contribution in [0.2, 0.25) is 0 Å². The van der Waals surface area contributed by atoms with E-state index in [0.717, 1.165) is 45.4 Å². The van der Waals surface area contributed by atoms with Crippen molar-refractivity contribution in [1.82, 2.24) is 15.5 Å². The van der Waals surface area contributed by atoms with E-state index >= 15 is 0 Å². The number of hydrogen-bond donors (Lipinski definition) is 2. The highest BCUT2D eigenvalue weighted by molar-refractivity contribution is 5.84. The Balaban J connectivity index is 1.54. The molecule has 21 heavy (non-hydrogen) atoms. The van der Waals surface area contributed by atoms with Crippen LogP contribution in [0.4, 0.5) is 0 Å². The van der Waals surface area contributed by atoms with Crippen molar-refractivity contribution in [2.24, 2.45) is 11.3 Å². The molecule has 3 rings (SSSR count). The lowest BCUT2D eigenvalue weighted by molar-refractivity contribution is -0.135. The second kappa shape index (κ2) is 6.66. The summed E-state index contributed by atoms with van der Waals surface area (Å²) in [5.41, 5.74) is -0.0845. The van der Waals surface area contributed by atoms with Gasteiger partial charge in [0.2, 0.25) is 5.91 Å². The molecule has 0 aromatic rings. The average Bonchev–Trinajstić information content (AvgIpc) is 2.95. The summed E-state index contributed by atoms with van der Waals surface area (Å²) >= 11 is 0. The minimum absolute atomic E-state index is 0.0845. The van der Waals surface area contributed by atoms with Gasteiger partial charge in [-0.1, -0.05) is 19.8 Å². The number of nitrogens with one attached hydrogen (secondary N) is 2. The molecule has 1 aliphatic carbocycles. The molecule has 0 unspecified atom stereocenters. The SMILES string of the molecule is CCCN1CCC(NC(=O)[C@@]23CCCC[C@H]2CNC3)CC1. The van der Waals surface area contributed by atoms with Gasteiger partial charge in [0.15, 0.2) is 0 Å². The van der Waals surface area contributed by atoms with E-state index in [1.807, 2.05) is 0 Å². The zero-order valence-corrected chi connectivity index (χ0v) is 13.5. The first-order chi connectivity index (χ1) is 10.2. The number of likely N-dealkylation sites (tertiary alicyclic amines) is 1. The number of carbonyl (C=O) groups excluding carboxylic acids is 1. The van der Waals surface area contributed by atoms with E-state index in [0.29, 0.717) is 17.9 Å². The normalized spacial score (nSPS) is 34.6. The zero-order valence-electron chi connectivity index (χ0n) is 13.5. The third-order valence-corrected chi connectivity index (χ3v) is 5.95. The van der Waals surface area contributed by atoms with Crippen LogP contribution in [0.5, 0.6) is 0 Å². The van der Waals surface area contributed by atoms with Gasteiger partial charge in [0.05, 0.1) is 5.41 Å². The number of carbonyl (C=O) groups is 1. The molecule has 2 atom stereocenters. The molecule has 0 aromatic carbocycles. The summed E-state index contributed by atoms with van der Waals surface area (Å²) in [6, 6.07) is 0.406. The Bertz CT molecular complexity index is 365. The molecule has 120 valence electrons. The quantitative estimate of drug-likeness (QED) is 0.830. The van der Waals surface area contributed by atoms with Crippen LogP contribution in [0.15, 0.2) is 0 Å². The molecule has 1 amide bonds. The summed E-state index contributed by atoms with van der Waals surface area (Å²) in [7, 11) is 0. The monoisotopic (exact) mass is 293 g/mol. The van der Waals surface area contributed by atoms with Gasteiger partial charge in [-0.3, -0.25) is 4.79 Å². The highest BCUT2D eigenvalue weighted by atomic mass is 16.2. The third-order valence-electron chi connectivity index (χ3n) is 5.95. The lowest BCUT2D eigenvalue weighted by atomic mass is 9.67. The molecule has 2 heterocycles. The molecule has 3 fully saturated rings. The smallest absolute Gasteiger partial charge is 0.228 e. The molecule has 0 bridgehead atoms. The minimum atomic E-state index is -0.0845. The van der Waals surface area contributed by atoms with E-state index in [9.17, 15) is 4.79 Å². The van der Waals surface area contributed by atoms with Crippen LogP contribution in [0.25, 0.3) is 0 Å². The predicted octanol–water partition coefficient (Wildman–Crippen LogP) is 1.76. The van der Waals surface area contributed by atoms with Crippen LogP contribution in [0.1, 0.15) is 51.9 Å². The van der Waals surface area contributed by atoms with E-state index in [-0.39, 0.29) is 5.41 Å². The van der Waals surface area contributed by atoms with Gasteiger partial charge >= 0.3 is 0 Å². The Labute approximate surface area is 129 Å². The zero-order chi connectivity index (χ0) is 14.7. The third kappa shape index (κ3) is 3.11. The molecule has 0 spiro atoms. The topological polar surface area (TPSA) is 44.4 Å². The van der Waals surface area contributed by atoms with Gasteiger partial charge in [-0.15, -0.1) is 0 Å². The van der Waals surface area contributed by atoms with Gasteiger partial charge in [-0.25, -0.2) is 0 Å². The van der Waals surface area contributed by atoms with Crippen molar-refractivity contribution in [3.63, 3.8) is 0 Å². The molecule has 2 N–H and O–H groups in total.